The Morgan fingerprint density at radius 2 is 1.57 bits per heavy atom. The van der Waals surface area contributed by atoms with Gasteiger partial charge >= 0.3 is 11.8 Å². The van der Waals surface area contributed by atoms with Crippen molar-refractivity contribution in [3.05, 3.63) is 52.8 Å². The van der Waals surface area contributed by atoms with Crippen LogP contribution in [0.1, 0.15) is 115 Å². The van der Waals surface area contributed by atoms with Gasteiger partial charge < -0.3 is 55.2 Å². The molecule has 1 amide bonds. The molecule has 3 aliphatic heterocycles. The third-order valence-corrected chi connectivity index (χ3v) is 12.6. The number of nitrogens with one attached hydrogen (secondary N) is 2. The summed E-state index contributed by atoms with van der Waals surface area (Å²) in [6.45, 7) is 12.6. The number of carbonyl (C=O) groups is 3. The predicted molar refractivity (Wildman–Crippen MR) is 231 cm³/mol. The van der Waals surface area contributed by atoms with E-state index in [-0.39, 0.29) is 50.5 Å². The highest BCUT2D eigenvalue weighted by Crippen LogP contribution is 2.55. The summed E-state index contributed by atoms with van der Waals surface area (Å²) >= 11 is 0. The van der Waals surface area contributed by atoms with Gasteiger partial charge in [0.2, 0.25) is 0 Å². The molecular weight excluding hydrogens is 787 g/mol. The summed E-state index contributed by atoms with van der Waals surface area (Å²) in [6, 6.07) is 0.0531. The van der Waals surface area contributed by atoms with Gasteiger partial charge in [-0.15, -0.1) is 0 Å². The van der Waals surface area contributed by atoms with Gasteiger partial charge in [-0.05, 0) is 32.8 Å². The number of fused-ring (bicyclic) bond motifs is 14. The molecule has 15 nitrogen and oxygen atoms in total. The molecule has 1 saturated carbocycles. The second-order valence-corrected chi connectivity index (χ2v) is 17.0. The summed E-state index contributed by atoms with van der Waals surface area (Å²) in [5.41, 5.74) is 2.81. The summed E-state index contributed by atoms with van der Waals surface area (Å²) in [6.07, 6.45) is 12.1. The largest absolute Gasteiger partial charge is 0.507 e. The molecule has 1 fully saturated rings. The number of benzene rings is 2. The number of ether oxygens (including phenoxy) is 4. The van der Waals surface area contributed by atoms with E-state index >= 15 is 0 Å². The average molecular weight is 850 g/mol. The molecule has 15 heteroatoms. The Bertz CT molecular complexity index is 2090. The van der Waals surface area contributed by atoms with Gasteiger partial charge in [-0.25, -0.2) is 0 Å². The second kappa shape index (κ2) is 19.7. The number of aromatic hydroxyl groups is 3. The number of hydrogen-bond acceptors (Lipinski definition) is 14. The molecule has 0 radical (unpaired) electrons. The molecule has 0 spiro atoms. The zero-order valence-electron chi connectivity index (χ0n) is 36.7. The van der Waals surface area contributed by atoms with Crippen molar-refractivity contribution in [2.24, 2.45) is 28.8 Å². The standard InChI is InChI=1S/C46H63N3O12/c1-23-16-15-17-24(2)45(57)48-36-31(22-47-49-30-18-13-11-10-12-14-19-30)40(54)33-34(41(36)55)39(53)28(6)43-35(33)44(56)46(8,61-43)59-21-20-32(58-9)25(3)42(60-29(7)50)27(5)38(52)26(4)37(23)51/h15-17,20-23,25-27,30,32,37-38,42,49,51-55H,10-14,18-19H2,1-9H3,(H,48,57)/b16-15?,21-20?,24-17?,47-22-. The number of rotatable bonds is 5. The van der Waals surface area contributed by atoms with Crippen molar-refractivity contribution in [2.75, 3.05) is 12.4 Å². The first-order chi connectivity index (χ1) is 28.8. The summed E-state index contributed by atoms with van der Waals surface area (Å²) in [4.78, 5) is 40.6. The van der Waals surface area contributed by atoms with Crippen LogP contribution in [0.25, 0.3) is 10.8 Å². The maximum absolute atomic E-state index is 14.5. The number of allylic oxidation sites excluding steroid dienone is 2. The number of anilines is 1. The first kappa shape index (κ1) is 46.9. The molecule has 9 unspecified atom stereocenters. The minimum atomic E-state index is -2.04. The van der Waals surface area contributed by atoms with Crippen molar-refractivity contribution in [3.63, 3.8) is 0 Å². The van der Waals surface area contributed by atoms with Crippen molar-refractivity contribution in [2.45, 2.75) is 137 Å². The monoisotopic (exact) mass is 849 g/mol. The van der Waals surface area contributed by atoms with E-state index in [9.17, 15) is 39.9 Å². The lowest BCUT2D eigenvalue weighted by Gasteiger charge is -2.38. The summed E-state index contributed by atoms with van der Waals surface area (Å²) < 4.78 is 23.7. The van der Waals surface area contributed by atoms with Gasteiger partial charge in [-0.2, -0.15) is 5.10 Å². The van der Waals surface area contributed by atoms with E-state index in [0.717, 1.165) is 38.5 Å². The molecule has 6 rings (SSSR count). The van der Waals surface area contributed by atoms with Gasteiger partial charge in [0.1, 0.15) is 23.4 Å². The van der Waals surface area contributed by atoms with Crippen LogP contribution >= 0.6 is 0 Å². The van der Waals surface area contributed by atoms with Gasteiger partial charge in [0.25, 0.3) is 11.7 Å². The maximum Gasteiger partial charge on any atom is 0.312 e. The Morgan fingerprint density at radius 1 is 0.918 bits per heavy atom. The van der Waals surface area contributed by atoms with E-state index in [2.05, 4.69) is 15.8 Å². The number of nitrogens with zero attached hydrogens (tertiary/aromatic N) is 1. The molecule has 7 N–H and O–H groups in total. The highest BCUT2D eigenvalue weighted by atomic mass is 16.7. The van der Waals surface area contributed by atoms with Crippen LogP contribution in [0, 0.1) is 30.6 Å². The third-order valence-electron chi connectivity index (χ3n) is 12.6. The summed E-state index contributed by atoms with van der Waals surface area (Å²) in [5, 5.41) is 65.2. The van der Waals surface area contributed by atoms with Gasteiger partial charge in [0.15, 0.2) is 5.75 Å². The second-order valence-electron chi connectivity index (χ2n) is 17.0. The number of Topliss-reactive ketones (excluding diaryl/α,β-unsaturated/α-hetero) is 1. The molecular formula is C46H63N3O12. The normalized spacial score (nSPS) is 29.8. The molecule has 3 heterocycles. The molecule has 4 aliphatic rings. The minimum absolute atomic E-state index is 0.0531. The van der Waals surface area contributed by atoms with Crippen LogP contribution in [0.15, 0.2) is 41.2 Å². The highest BCUT2D eigenvalue weighted by Gasteiger charge is 2.50. The smallest absolute Gasteiger partial charge is 0.312 e. The summed E-state index contributed by atoms with van der Waals surface area (Å²) in [5.74, 6) is -8.32. The fourth-order valence-corrected chi connectivity index (χ4v) is 8.67. The number of carbonyl (C=O) groups excluding carboxylic acids is 3. The zero-order chi connectivity index (χ0) is 44.9. The Morgan fingerprint density at radius 3 is 2.21 bits per heavy atom. The molecule has 0 saturated heterocycles. The lowest BCUT2D eigenvalue weighted by atomic mass is 9.78. The average Bonchev–Trinajstić information content (AvgIpc) is 3.47. The Balaban J connectivity index is 1.68. The van der Waals surface area contributed by atoms with Crippen LogP contribution in [0.2, 0.25) is 0 Å². The van der Waals surface area contributed by atoms with Gasteiger partial charge in [-0.3, -0.25) is 14.4 Å². The molecule has 2 aromatic rings. The van der Waals surface area contributed by atoms with Crippen LogP contribution in [0.4, 0.5) is 5.69 Å². The van der Waals surface area contributed by atoms with E-state index in [0.29, 0.717) is 0 Å². The number of amides is 1. The Labute approximate surface area is 357 Å². The van der Waals surface area contributed by atoms with Crippen molar-refractivity contribution < 1.29 is 58.9 Å². The van der Waals surface area contributed by atoms with E-state index in [1.54, 1.807) is 39.8 Å². The number of aliphatic hydroxyl groups excluding tert-OH is 2. The van der Waals surface area contributed by atoms with E-state index in [4.69, 9.17) is 18.9 Å². The lowest BCUT2D eigenvalue weighted by Crippen LogP contribution is -2.46. The number of methoxy groups -OCH3 is 1. The Hall–Kier alpha value is -5.12. The van der Waals surface area contributed by atoms with Gasteiger partial charge in [-0.1, -0.05) is 78.0 Å². The minimum Gasteiger partial charge on any atom is -0.507 e. The molecule has 0 aromatic heterocycles. The van der Waals surface area contributed by atoms with Gasteiger partial charge in [0, 0.05) is 67.2 Å². The number of phenolic OH excluding ortho intramolecular Hbond substituents is 3. The maximum atomic E-state index is 14.5. The van der Waals surface area contributed by atoms with Crippen molar-refractivity contribution >= 4 is 40.3 Å². The number of aliphatic hydroxyl groups is 2. The van der Waals surface area contributed by atoms with Crippen LogP contribution in [0.3, 0.4) is 0 Å². The van der Waals surface area contributed by atoms with Crippen LogP contribution in [-0.4, -0.2) is 92.8 Å². The molecule has 1 aliphatic carbocycles. The van der Waals surface area contributed by atoms with Crippen molar-refractivity contribution in [1.29, 1.82) is 0 Å². The lowest BCUT2D eigenvalue weighted by molar-refractivity contribution is -0.160. The van der Waals surface area contributed by atoms with Crippen molar-refractivity contribution in [3.8, 4) is 23.0 Å². The number of hydrazone groups is 1. The molecule has 334 valence electrons. The molecule has 2 aromatic carbocycles. The van der Waals surface area contributed by atoms with Gasteiger partial charge in [0.05, 0.1) is 53.0 Å². The first-order valence-corrected chi connectivity index (χ1v) is 21.2. The molecule has 5 bridgehead atoms. The Kier molecular flexibility index (Phi) is 15.2. The van der Waals surface area contributed by atoms with Crippen LogP contribution in [-0.2, 0) is 23.8 Å². The van der Waals surface area contributed by atoms with E-state index < -0.39 is 88.8 Å². The van der Waals surface area contributed by atoms with E-state index in [1.807, 2.05) is 0 Å². The van der Waals surface area contributed by atoms with Crippen LogP contribution < -0.4 is 15.5 Å². The fraction of sp³-hybridized carbons (Fsp3) is 0.565. The SMILES string of the molecule is COC1C=COC2(C)Oc3c(C)c(O)c4c(O)c(c(/C=N\NC5CCCCCCC5)c(O)c4c3C2=O)NC(=O)C(C)=CC=CC(C)C(O)C(C)C(O)C(C)C(OC(C)=O)C1C. The number of esters is 1. The third kappa shape index (κ3) is 9.84. The van der Waals surface area contributed by atoms with E-state index in [1.165, 1.54) is 65.9 Å². The predicted octanol–water partition coefficient (Wildman–Crippen LogP) is 6.79. The summed E-state index contributed by atoms with van der Waals surface area (Å²) in [7, 11) is 1.44. The number of ketones is 1. The quantitative estimate of drug-likeness (QED) is 0.0542. The van der Waals surface area contributed by atoms with Crippen LogP contribution in [0.5, 0.6) is 23.0 Å². The molecule has 61 heavy (non-hydrogen) atoms. The highest BCUT2D eigenvalue weighted by molar-refractivity contribution is 6.23. The zero-order valence-corrected chi connectivity index (χ0v) is 36.7. The van der Waals surface area contributed by atoms with Crippen molar-refractivity contribution in [1.82, 2.24) is 5.43 Å². The first-order valence-electron chi connectivity index (χ1n) is 21.2. The topological polar surface area (TPSA) is 226 Å². The number of hydrogen-bond donors (Lipinski definition) is 7. The molecule has 9 atom stereocenters. The number of phenols is 3. The fourth-order valence-electron chi connectivity index (χ4n) is 8.67.